The fourth-order valence-corrected chi connectivity index (χ4v) is 1.04. The maximum absolute atomic E-state index is 10.2. The molecule has 3 heteroatoms. The predicted octanol–water partition coefficient (Wildman–Crippen LogP) is 0.241. The summed E-state index contributed by atoms with van der Waals surface area (Å²) in [5.74, 6) is -1.07. The van der Waals surface area contributed by atoms with E-state index in [-0.39, 0.29) is 6.42 Å². The zero-order chi connectivity index (χ0) is 9.68. The van der Waals surface area contributed by atoms with Crippen LogP contribution in [0, 0.1) is 11.3 Å². The third-order valence-corrected chi connectivity index (χ3v) is 1.67. The van der Waals surface area contributed by atoms with Crippen LogP contribution in [0.5, 0.6) is 0 Å². The first kappa shape index (κ1) is 9.27. The molecule has 0 radical (unpaired) electrons. The summed E-state index contributed by atoms with van der Waals surface area (Å²) in [6.45, 7) is 0. The van der Waals surface area contributed by atoms with Crippen molar-refractivity contribution in [3.8, 4) is 6.07 Å². The zero-order valence-corrected chi connectivity index (χ0v) is 6.99. The summed E-state index contributed by atoms with van der Waals surface area (Å²) in [7, 11) is 0. The van der Waals surface area contributed by atoms with Crippen molar-refractivity contribution < 1.29 is 9.90 Å². The maximum atomic E-state index is 10.2. The Labute approximate surface area is 76.2 Å². The number of hydrogen-bond donors (Lipinski definition) is 0. The van der Waals surface area contributed by atoms with Crippen molar-refractivity contribution in [2.75, 3.05) is 0 Å². The van der Waals surface area contributed by atoms with Gasteiger partial charge in [-0.2, -0.15) is 5.26 Å². The van der Waals surface area contributed by atoms with E-state index in [0.29, 0.717) is 12.0 Å². The molecule has 0 aliphatic rings. The summed E-state index contributed by atoms with van der Waals surface area (Å²) in [5.41, 5.74) is 1.40. The molecule has 0 fully saturated rings. The topological polar surface area (TPSA) is 63.9 Å². The van der Waals surface area contributed by atoms with Crippen LogP contribution < -0.4 is 5.11 Å². The second-order valence-corrected chi connectivity index (χ2v) is 2.68. The van der Waals surface area contributed by atoms with Crippen molar-refractivity contribution in [3.05, 3.63) is 35.4 Å². The van der Waals surface area contributed by atoms with Crippen molar-refractivity contribution >= 4 is 5.97 Å². The Hall–Kier alpha value is -1.82. The van der Waals surface area contributed by atoms with Crippen LogP contribution >= 0.6 is 0 Å². The van der Waals surface area contributed by atoms with Crippen molar-refractivity contribution in [1.82, 2.24) is 0 Å². The van der Waals surface area contributed by atoms with Crippen molar-refractivity contribution in [2.45, 2.75) is 12.8 Å². The van der Waals surface area contributed by atoms with Crippen molar-refractivity contribution in [1.29, 1.82) is 5.26 Å². The van der Waals surface area contributed by atoms with Crippen LogP contribution in [0.1, 0.15) is 17.5 Å². The van der Waals surface area contributed by atoms with Crippen LogP contribution in [0.4, 0.5) is 0 Å². The highest BCUT2D eigenvalue weighted by molar-refractivity contribution is 5.64. The molecule has 1 aromatic carbocycles. The van der Waals surface area contributed by atoms with Crippen LogP contribution in [-0.4, -0.2) is 5.97 Å². The standard InChI is InChI=1S/C10H9NO2/c11-7-9-3-1-2-8(6-9)4-5-10(12)13/h1-3,6H,4-5H2,(H,12,13)/p-1. The van der Waals surface area contributed by atoms with Gasteiger partial charge in [-0.3, -0.25) is 0 Å². The zero-order valence-electron chi connectivity index (χ0n) is 6.99. The van der Waals surface area contributed by atoms with E-state index in [1.165, 1.54) is 0 Å². The summed E-state index contributed by atoms with van der Waals surface area (Å²) in [5, 5.41) is 18.7. The predicted molar refractivity (Wildman–Crippen MR) is 44.5 cm³/mol. The molecule has 66 valence electrons. The van der Waals surface area contributed by atoms with E-state index in [1.54, 1.807) is 24.3 Å². The first-order valence-corrected chi connectivity index (χ1v) is 3.91. The molecule has 0 amide bonds. The summed E-state index contributed by atoms with van der Waals surface area (Å²) in [4.78, 5) is 10.2. The Morgan fingerprint density at radius 2 is 2.31 bits per heavy atom. The Balaban J connectivity index is 2.68. The number of nitrogens with zero attached hydrogens (tertiary/aromatic N) is 1. The minimum atomic E-state index is -1.07. The number of carboxylic acids is 1. The van der Waals surface area contributed by atoms with E-state index >= 15 is 0 Å². The fraction of sp³-hybridized carbons (Fsp3) is 0.200. The van der Waals surface area contributed by atoms with E-state index < -0.39 is 5.97 Å². The lowest BCUT2D eigenvalue weighted by atomic mass is 10.1. The van der Waals surface area contributed by atoms with Gasteiger partial charge in [0.2, 0.25) is 0 Å². The van der Waals surface area contributed by atoms with Crippen molar-refractivity contribution in [2.24, 2.45) is 0 Å². The largest absolute Gasteiger partial charge is 0.550 e. The Morgan fingerprint density at radius 1 is 1.54 bits per heavy atom. The number of rotatable bonds is 3. The number of benzene rings is 1. The van der Waals surface area contributed by atoms with E-state index in [1.807, 2.05) is 6.07 Å². The monoisotopic (exact) mass is 174 g/mol. The van der Waals surface area contributed by atoms with Gasteiger partial charge in [0, 0.05) is 5.97 Å². The molecule has 1 aromatic rings. The number of aryl methyl sites for hydroxylation is 1. The van der Waals surface area contributed by atoms with E-state index in [0.717, 1.165) is 5.56 Å². The number of carboxylic acid groups (broad SMARTS) is 1. The van der Waals surface area contributed by atoms with Gasteiger partial charge in [-0.05, 0) is 30.5 Å². The molecule has 1 rings (SSSR count). The lowest BCUT2D eigenvalue weighted by Crippen LogP contribution is -2.22. The number of aliphatic carboxylic acids is 1. The van der Waals surface area contributed by atoms with Gasteiger partial charge in [0.15, 0.2) is 0 Å². The fourth-order valence-electron chi connectivity index (χ4n) is 1.04. The molecule has 0 saturated carbocycles. The van der Waals surface area contributed by atoms with Crippen LogP contribution in [0.2, 0.25) is 0 Å². The average Bonchev–Trinajstić information content (AvgIpc) is 2.15. The second kappa shape index (κ2) is 4.27. The van der Waals surface area contributed by atoms with E-state index in [9.17, 15) is 9.90 Å². The molecule has 3 nitrogen and oxygen atoms in total. The maximum Gasteiger partial charge on any atom is 0.0991 e. The second-order valence-electron chi connectivity index (χ2n) is 2.68. The molecule has 0 atom stereocenters. The normalized spacial score (nSPS) is 9.15. The Kier molecular flexibility index (Phi) is 3.04. The molecule has 0 bridgehead atoms. The molecule has 0 saturated heterocycles. The lowest BCUT2D eigenvalue weighted by Gasteiger charge is -2.02. The quantitative estimate of drug-likeness (QED) is 0.659. The van der Waals surface area contributed by atoms with Crippen molar-refractivity contribution in [3.63, 3.8) is 0 Å². The minimum absolute atomic E-state index is 0.00508. The van der Waals surface area contributed by atoms with Gasteiger partial charge in [0.05, 0.1) is 11.6 Å². The first-order chi connectivity index (χ1) is 6.22. The molecule has 0 aliphatic carbocycles. The molecule has 0 N–H and O–H groups in total. The lowest BCUT2D eigenvalue weighted by molar-refractivity contribution is -0.305. The minimum Gasteiger partial charge on any atom is -0.550 e. The summed E-state index contributed by atoms with van der Waals surface area (Å²) in [6.07, 6.45) is 0.409. The molecule has 13 heavy (non-hydrogen) atoms. The smallest absolute Gasteiger partial charge is 0.0991 e. The van der Waals surface area contributed by atoms with Gasteiger partial charge >= 0.3 is 0 Å². The highest BCUT2D eigenvalue weighted by Gasteiger charge is 1.95. The van der Waals surface area contributed by atoms with Crippen LogP contribution in [-0.2, 0) is 11.2 Å². The number of hydrogen-bond acceptors (Lipinski definition) is 3. The summed E-state index contributed by atoms with van der Waals surface area (Å²) < 4.78 is 0. The molecule has 0 heterocycles. The number of carbonyl (C=O) groups excluding carboxylic acids is 1. The molecular formula is C10H8NO2-. The third-order valence-electron chi connectivity index (χ3n) is 1.67. The molecule has 0 unspecified atom stereocenters. The Bertz CT molecular complexity index is 352. The SMILES string of the molecule is N#Cc1cccc(CCC(=O)[O-])c1. The number of nitriles is 1. The molecule has 0 aromatic heterocycles. The first-order valence-electron chi connectivity index (χ1n) is 3.91. The van der Waals surface area contributed by atoms with Gasteiger partial charge in [0.1, 0.15) is 0 Å². The van der Waals surface area contributed by atoms with Gasteiger partial charge in [-0.25, -0.2) is 0 Å². The highest BCUT2D eigenvalue weighted by Crippen LogP contribution is 2.06. The van der Waals surface area contributed by atoms with Crippen LogP contribution in [0.3, 0.4) is 0 Å². The van der Waals surface area contributed by atoms with Crippen LogP contribution in [0.15, 0.2) is 24.3 Å². The molecular weight excluding hydrogens is 166 g/mol. The van der Waals surface area contributed by atoms with E-state index in [4.69, 9.17) is 5.26 Å². The Morgan fingerprint density at radius 3 is 2.92 bits per heavy atom. The summed E-state index contributed by atoms with van der Waals surface area (Å²) >= 11 is 0. The van der Waals surface area contributed by atoms with Gasteiger partial charge < -0.3 is 9.90 Å². The third kappa shape index (κ3) is 2.96. The van der Waals surface area contributed by atoms with Gasteiger partial charge in [0.25, 0.3) is 0 Å². The van der Waals surface area contributed by atoms with Gasteiger partial charge in [-0.1, -0.05) is 12.1 Å². The average molecular weight is 174 g/mol. The van der Waals surface area contributed by atoms with Crippen LogP contribution in [0.25, 0.3) is 0 Å². The highest BCUT2D eigenvalue weighted by atomic mass is 16.4. The van der Waals surface area contributed by atoms with E-state index in [2.05, 4.69) is 0 Å². The number of carbonyl (C=O) groups is 1. The molecule has 0 aliphatic heterocycles. The van der Waals surface area contributed by atoms with Gasteiger partial charge in [-0.15, -0.1) is 0 Å². The summed E-state index contributed by atoms with van der Waals surface area (Å²) in [6, 6.07) is 8.89. The molecule has 0 spiro atoms.